The Bertz CT molecular complexity index is 1300. The van der Waals surface area contributed by atoms with Crippen molar-refractivity contribution < 1.29 is 9.59 Å². The molecule has 0 unspecified atom stereocenters. The highest BCUT2D eigenvalue weighted by molar-refractivity contribution is 6.05. The summed E-state index contributed by atoms with van der Waals surface area (Å²) in [6.45, 7) is 0.359. The van der Waals surface area contributed by atoms with Crippen molar-refractivity contribution in [1.82, 2.24) is 10.3 Å². The number of anilines is 2. The standard InChI is InChI=1S/C26H22N4O2/c27-25-23(6-3-15-28-25)30-26(32)21-12-8-19(9-13-21)17-29-24(31)14-10-18-7-11-20-4-1-2-5-22(20)16-18/h1-16H,17H2,(H2,27,28)(H,29,31)(H,30,32). The van der Waals surface area contributed by atoms with Gasteiger partial charge in [-0.05, 0) is 58.3 Å². The van der Waals surface area contributed by atoms with Crippen molar-refractivity contribution in [3.63, 3.8) is 0 Å². The maximum atomic E-state index is 12.4. The molecule has 158 valence electrons. The van der Waals surface area contributed by atoms with Crippen molar-refractivity contribution in [2.75, 3.05) is 11.1 Å². The maximum Gasteiger partial charge on any atom is 0.255 e. The third kappa shape index (κ3) is 5.17. The van der Waals surface area contributed by atoms with Gasteiger partial charge in [0, 0.05) is 24.4 Å². The molecule has 0 saturated carbocycles. The summed E-state index contributed by atoms with van der Waals surface area (Å²) in [5, 5.41) is 7.88. The van der Waals surface area contributed by atoms with E-state index in [-0.39, 0.29) is 17.6 Å². The number of nitrogens with two attached hydrogens (primary N) is 1. The molecule has 4 rings (SSSR count). The van der Waals surface area contributed by atoms with Crippen molar-refractivity contribution in [3.8, 4) is 0 Å². The Balaban J connectivity index is 1.31. The van der Waals surface area contributed by atoms with Gasteiger partial charge < -0.3 is 16.4 Å². The molecule has 0 fully saturated rings. The van der Waals surface area contributed by atoms with E-state index in [0.29, 0.717) is 17.8 Å². The van der Waals surface area contributed by atoms with E-state index in [1.54, 1.807) is 48.7 Å². The number of carbonyl (C=O) groups excluding carboxylic acids is 2. The topological polar surface area (TPSA) is 97.1 Å². The molecular weight excluding hydrogens is 400 g/mol. The van der Waals surface area contributed by atoms with E-state index in [0.717, 1.165) is 21.9 Å². The predicted molar refractivity (Wildman–Crippen MR) is 128 cm³/mol. The van der Waals surface area contributed by atoms with Crippen LogP contribution in [0.4, 0.5) is 11.5 Å². The number of pyridine rings is 1. The van der Waals surface area contributed by atoms with Crippen LogP contribution in [0.15, 0.2) is 91.1 Å². The SMILES string of the molecule is Nc1ncccc1NC(=O)c1ccc(CNC(=O)C=Cc2ccc3ccccc3c2)cc1. The monoisotopic (exact) mass is 422 g/mol. The first kappa shape index (κ1) is 20.8. The summed E-state index contributed by atoms with van der Waals surface area (Å²) in [6, 6.07) is 24.5. The van der Waals surface area contributed by atoms with E-state index in [9.17, 15) is 9.59 Å². The number of carbonyl (C=O) groups is 2. The van der Waals surface area contributed by atoms with Gasteiger partial charge >= 0.3 is 0 Å². The molecule has 0 radical (unpaired) electrons. The molecule has 0 aliphatic rings. The van der Waals surface area contributed by atoms with Crippen LogP contribution >= 0.6 is 0 Å². The number of fused-ring (bicyclic) bond motifs is 1. The summed E-state index contributed by atoms with van der Waals surface area (Å²) in [4.78, 5) is 28.5. The number of hydrogen-bond donors (Lipinski definition) is 3. The van der Waals surface area contributed by atoms with Gasteiger partial charge in [0.2, 0.25) is 5.91 Å². The van der Waals surface area contributed by atoms with Gasteiger partial charge in [-0.2, -0.15) is 0 Å². The Morgan fingerprint density at radius 2 is 1.69 bits per heavy atom. The smallest absolute Gasteiger partial charge is 0.255 e. The average molecular weight is 422 g/mol. The van der Waals surface area contributed by atoms with E-state index in [2.05, 4.69) is 21.7 Å². The molecule has 4 N–H and O–H groups in total. The number of hydrogen-bond acceptors (Lipinski definition) is 4. The summed E-state index contributed by atoms with van der Waals surface area (Å²) in [5.41, 5.74) is 8.55. The lowest BCUT2D eigenvalue weighted by Gasteiger charge is -2.08. The minimum Gasteiger partial charge on any atom is -0.382 e. The van der Waals surface area contributed by atoms with Gasteiger partial charge in [-0.1, -0.05) is 48.5 Å². The van der Waals surface area contributed by atoms with Gasteiger partial charge in [-0.3, -0.25) is 9.59 Å². The number of amides is 2. The first-order valence-electron chi connectivity index (χ1n) is 10.1. The molecule has 0 atom stereocenters. The van der Waals surface area contributed by atoms with E-state index in [1.807, 2.05) is 36.4 Å². The van der Waals surface area contributed by atoms with Crippen molar-refractivity contribution >= 4 is 40.2 Å². The van der Waals surface area contributed by atoms with E-state index in [4.69, 9.17) is 5.73 Å². The van der Waals surface area contributed by atoms with Gasteiger partial charge in [-0.25, -0.2) is 4.98 Å². The number of nitrogens with zero attached hydrogens (tertiary/aromatic N) is 1. The Morgan fingerprint density at radius 1 is 0.906 bits per heavy atom. The molecule has 1 aromatic heterocycles. The molecule has 2 amide bonds. The zero-order chi connectivity index (χ0) is 22.3. The van der Waals surface area contributed by atoms with Crippen molar-refractivity contribution in [2.45, 2.75) is 6.54 Å². The highest BCUT2D eigenvalue weighted by atomic mass is 16.2. The largest absolute Gasteiger partial charge is 0.382 e. The summed E-state index contributed by atoms with van der Waals surface area (Å²) in [5.74, 6) is -0.206. The minimum atomic E-state index is -0.279. The van der Waals surface area contributed by atoms with Crippen LogP contribution in [0.1, 0.15) is 21.5 Å². The number of aromatic nitrogens is 1. The van der Waals surface area contributed by atoms with E-state index >= 15 is 0 Å². The molecule has 0 spiro atoms. The van der Waals surface area contributed by atoms with Crippen LogP contribution in [-0.2, 0) is 11.3 Å². The fourth-order valence-corrected chi connectivity index (χ4v) is 3.22. The Morgan fingerprint density at radius 3 is 2.47 bits per heavy atom. The fraction of sp³-hybridized carbons (Fsp3) is 0.0385. The zero-order valence-electron chi connectivity index (χ0n) is 17.3. The Labute approximate surface area is 185 Å². The van der Waals surface area contributed by atoms with Gasteiger partial charge in [0.05, 0.1) is 5.69 Å². The number of rotatable bonds is 6. The molecule has 1 heterocycles. The maximum absolute atomic E-state index is 12.4. The molecule has 32 heavy (non-hydrogen) atoms. The number of nitrogens with one attached hydrogen (secondary N) is 2. The molecule has 4 aromatic rings. The molecular formula is C26H22N4O2. The van der Waals surface area contributed by atoms with Crippen LogP contribution in [-0.4, -0.2) is 16.8 Å². The van der Waals surface area contributed by atoms with Crippen LogP contribution in [0.2, 0.25) is 0 Å². The Kier molecular flexibility index (Phi) is 6.22. The van der Waals surface area contributed by atoms with Crippen molar-refractivity contribution in [3.05, 3.63) is 108 Å². The molecule has 6 heteroatoms. The molecule has 0 aliphatic carbocycles. The molecule has 0 aliphatic heterocycles. The Hall–Kier alpha value is -4.45. The lowest BCUT2D eigenvalue weighted by atomic mass is 10.1. The summed E-state index contributed by atoms with van der Waals surface area (Å²) in [7, 11) is 0. The highest BCUT2D eigenvalue weighted by Gasteiger charge is 2.08. The van der Waals surface area contributed by atoms with E-state index in [1.165, 1.54) is 6.08 Å². The number of benzene rings is 3. The van der Waals surface area contributed by atoms with Crippen LogP contribution in [0.3, 0.4) is 0 Å². The molecule has 6 nitrogen and oxygen atoms in total. The third-order valence-electron chi connectivity index (χ3n) is 4.97. The van der Waals surface area contributed by atoms with Crippen LogP contribution in [0, 0.1) is 0 Å². The lowest BCUT2D eigenvalue weighted by molar-refractivity contribution is -0.116. The first-order valence-corrected chi connectivity index (χ1v) is 10.1. The second kappa shape index (κ2) is 9.57. The quantitative estimate of drug-likeness (QED) is 0.401. The van der Waals surface area contributed by atoms with Crippen molar-refractivity contribution in [1.29, 1.82) is 0 Å². The normalized spacial score (nSPS) is 10.9. The number of nitrogen functional groups attached to an aromatic ring is 1. The van der Waals surface area contributed by atoms with Crippen molar-refractivity contribution in [2.24, 2.45) is 0 Å². The lowest BCUT2D eigenvalue weighted by Crippen LogP contribution is -2.20. The van der Waals surface area contributed by atoms with Gasteiger partial charge in [0.1, 0.15) is 5.82 Å². The molecule has 0 saturated heterocycles. The predicted octanol–water partition coefficient (Wildman–Crippen LogP) is 4.40. The minimum absolute atomic E-state index is 0.188. The molecule has 3 aromatic carbocycles. The second-order valence-electron chi connectivity index (χ2n) is 7.24. The van der Waals surface area contributed by atoms with Crippen LogP contribution in [0.25, 0.3) is 16.8 Å². The second-order valence-corrected chi connectivity index (χ2v) is 7.24. The third-order valence-corrected chi connectivity index (χ3v) is 4.97. The fourth-order valence-electron chi connectivity index (χ4n) is 3.22. The summed E-state index contributed by atoms with van der Waals surface area (Å²) >= 11 is 0. The van der Waals surface area contributed by atoms with Crippen LogP contribution in [0.5, 0.6) is 0 Å². The summed E-state index contributed by atoms with van der Waals surface area (Å²) in [6.07, 6.45) is 4.87. The summed E-state index contributed by atoms with van der Waals surface area (Å²) < 4.78 is 0. The highest BCUT2D eigenvalue weighted by Crippen LogP contribution is 2.17. The molecule has 0 bridgehead atoms. The van der Waals surface area contributed by atoms with E-state index < -0.39 is 0 Å². The first-order chi connectivity index (χ1) is 15.6. The van der Waals surface area contributed by atoms with Crippen LogP contribution < -0.4 is 16.4 Å². The van der Waals surface area contributed by atoms with Gasteiger partial charge in [0.15, 0.2) is 0 Å². The average Bonchev–Trinajstić information content (AvgIpc) is 2.83. The zero-order valence-corrected chi connectivity index (χ0v) is 17.3. The van der Waals surface area contributed by atoms with Gasteiger partial charge in [0.25, 0.3) is 5.91 Å². The van der Waals surface area contributed by atoms with Gasteiger partial charge in [-0.15, -0.1) is 0 Å².